The van der Waals surface area contributed by atoms with Gasteiger partial charge in [-0.2, -0.15) is 5.10 Å². The van der Waals surface area contributed by atoms with Crippen LogP contribution in [0.4, 0.5) is 0 Å². The van der Waals surface area contributed by atoms with E-state index >= 15 is 0 Å². The lowest BCUT2D eigenvalue weighted by Gasteiger charge is -2.15. The van der Waals surface area contributed by atoms with Gasteiger partial charge in [0.25, 0.3) is 0 Å². The summed E-state index contributed by atoms with van der Waals surface area (Å²) in [4.78, 5) is 11.9. The smallest absolute Gasteiger partial charge is 0.348 e. The van der Waals surface area contributed by atoms with E-state index in [1.807, 2.05) is 19.9 Å². The fraction of sp³-hybridized carbons (Fsp3) is 0.385. The van der Waals surface area contributed by atoms with Crippen LogP contribution < -0.4 is 5.69 Å². The molecule has 1 aromatic heterocycles. The third-order valence-corrected chi connectivity index (χ3v) is 3.03. The van der Waals surface area contributed by atoms with Gasteiger partial charge in [0.05, 0.1) is 5.69 Å². The molecule has 0 aliphatic rings. The van der Waals surface area contributed by atoms with E-state index in [4.69, 9.17) is 16.3 Å². The summed E-state index contributed by atoms with van der Waals surface area (Å²) >= 11 is 5.96. The van der Waals surface area contributed by atoms with E-state index in [1.165, 1.54) is 4.57 Å². The van der Waals surface area contributed by atoms with Crippen molar-refractivity contribution in [2.45, 2.75) is 26.4 Å². The molecule has 5 nitrogen and oxygen atoms in total. The molecule has 1 atom stereocenters. The second-order valence-electron chi connectivity index (χ2n) is 4.05. The molecule has 0 bridgehead atoms. The van der Waals surface area contributed by atoms with Crippen LogP contribution in [-0.2, 0) is 4.74 Å². The van der Waals surface area contributed by atoms with Crippen LogP contribution in [0.5, 0.6) is 0 Å². The minimum Gasteiger partial charge on any atom is -0.370 e. The Balaban J connectivity index is 2.51. The van der Waals surface area contributed by atoms with E-state index < -0.39 is 0 Å². The molecule has 0 fully saturated rings. The molecular weight excluding hydrogens is 266 g/mol. The molecule has 19 heavy (non-hydrogen) atoms. The van der Waals surface area contributed by atoms with Gasteiger partial charge in [-0.15, -0.1) is 0 Å². The van der Waals surface area contributed by atoms with Crippen molar-refractivity contribution in [3.05, 3.63) is 45.6 Å². The molecule has 2 aromatic rings. The number of nitrogens with one attached hydrogen (secondary N) is 1. The Bertz CT molecular complexity index is 606. The molecule has 2 rings (SSSR count). The zero-order chi connectivity index (χ0) is 13.8. The lowest BCUT2D eigenvalue weighted by Crippen LogP contribution is -2.19. The highest BCUT2D eigenvalue weighted by molar-refractivity contribution is 6.30. The minimum atomic E-state index is -0.296. The fourth-order valence-electron chi connectivity index (χ4n) is 1.97. The number of aromatic amines is 1. The van der Waals surface area contributed by atoms with Crippen LogP contribution in [0.3, 0.4) is 0 Å². The molecule has 0 amide bonds. The van der Waals surface area contributed by atoms with Crippen LogP contribution in [0.15, 0.2) is 29.1 Å². The van der Waals surface area contributed by atoms with Crippen LogP contribution in [0.2, 0.25) is 5.02 Å². The number of rotatable bonds is 5. The largest absolute Gasteiger partial charge is 0.370 e. The Hall–Kier alpha value is -1.59. The summed E-state index contributed by atoms with van der Waals surface area (Å²) in [7, 11) is 0. The third kappa shape index (κ3) is 2.88. The molecule has 0 saturated heterocycles. The van der Waals surface area contributed by atoms with Crippen molar-refractivity contribution in [3.8, 4) is 5.69 Å². The number of ether oxygens (including phenoxy) is 1. The molecule has 0 unspecified atom stereocenters. The summed E-state index contributed by atoms with van der Waals surface area (Å²) in [5.41, 5.74) is 0.384. The first kappa shape index (κ1) is 13.8. The van der Waals surface area contributed by atoms with Crippen molar-refractivity contribution >= 4 is 11.6 Å². The lowest BCUT2D eigenvalue weighted by molar-refractivity contribution is 0.0521. The van der Waals surface area contributed by atoms with Gasteiger partial charge < -0.3 is 4.74 Å². The van der Waals surface area contributed by atoms with Crippen molar-refractivity contribution < 1.29 is 4.74 Å². The van der Waals surface area contributed by atoms with Crippen LogP contribution >= 0.6 is 11.6 Å². The van der Waals surface area contributed by atoms with Crippen molar-refractivity contribution in [1.29, 1.82) is 0 Å². The van der Waals surface area contributed by atoms with E-state index in [0.717, 1.165) is 6.42 Å². The number of halogens is 1. The van der Waals surface area contributed by atoms with Crippen molar-refractivity contribution in [2.24, 2.45) is 0 Å². The molecule has 0 radical (unpaired) electrons. The van der Waals surface area contributed by atoms with E-state index in [0.29, 0.717) is 23.1 Å². The van der Waals surface area contributed by atoms with E-state index in [1.54, 1.807) is 18.2 Å². The molecule has 0 spiro atoms. The van der Waals surface area contributed by atoms with Gasteiger partial charge in [0, 0.05) is 11.6 Å². The molecule has 1 heterocycles. The predicted octanol–water partition coefficient (Wildman–Crippen LogP) is 2.70. The highest BCUT2D eigenvalue weighted by atomic mass is 35.5. The highest BCUT2D eigenvalue weighted by Gasteiger charge is 2.19. The highest BCUT2D eigenvalue weighted by Crippen LogP contribution is 2.21. The maximum atomic E-state index is 11.9. The summed E-state index contributed by atoms with van der Waals surface area (Å²) < 4.78 is 7.10. The number of hydrogen-bond donors (Lipinski definition) is 1. The monoisotopic (exact) mass is 281 g/mol. The van der Waals surface area contributed by atoms with Gasteiger partial charge in [0.1, 0.15) is 6.10 Å². The molecule has 0 aliphatic heterocycles. The van der Waals surface area contributed by atoms with Gasteiger partial charge in [0.2, 0.25) is 0 Å². The fourth-order valence-corrected chi connectivity index (χ4v) is 2.15. The summed E-state index contributed by atoms with van der Waals surface area (Å²) in [6.45, 7) is 4.47. The Labute approximate surface area is 116 Å². The average Bonchev–Trinajstić information content (AvgIpc) is 2.77. The topological polar surface area (TPSA) is 59.9 Å². The third-order valence-electron chi connectivity index (χ3n) is 2.79. The number of aromatic nitrogens is 3. The molecule has 0 aliphatic carbocycles. The van der Waals surface area contributed by atoms with Crippen LogP contribution in [0, 0.1) is 0 Å². The zero-order valence-corrected chi connectivity index (χ0v) is 11.6. The SMILES string of the molecule is CCO[C@@H](CC)c1n[nH]c(=O)n1-c1cccc(Cl)c1. The normalized spacial score (nSPS) is 12.6. The Morgan fingerprint density at radius 3 is 2.89 bits per heavy atom. The van der Waals surface area contributed by atoms with Crippen LogP contribution in [0.1, 0.15) is 32.2 Å². The summed E-state index contributed by atoms with van der Waals surface area (Å²) in [5.74, 6) is 0.566. The van der Waals surface area contributed by atoms with Gasteiger partial charge in [-0.25, -0.2) is 14.5 Å². The molecule has 1 N–H and O–H groups in total. The van der Waals surface area contributed by atoms with Gasteiger partial charge in [0.15, 0.2) is 5.82 Å². The summed E-state index contributed by atoms with van der Waals surface area (Å²) in [5, 5.41) is 7.10. The minimum absolute atomic E-state index is 0.220. The average molecular weight is 282 g/mol. The van der Waals surface area contributed by atoms with Gasteiger partial charge in [-0.05, 0) is 31.5 Å². The molecular formula is C13H16ClN3O2. The van der Waals surface area contributed by atoms with Crippen LogP contribution in [0.25, 0.3) is 5.69 Å². The molecule has 102 valence electrons. The Morgan fingerprint density at radius 2 is 2.26 bits per heavy atom. The van der Waals surface area contributed by atoms with Gasteiger partial charge >= 0.3 is 5.69 Å². The van der Waals surface area contributed by atoms with Crippen molar-refractivity contribution in [2.75, 3.05) is 6.61 Å². The number of hydrogen-bond acceptors (Lipinski definition) is 3. The lowest BCUT2D eigenvalue weighted by atomic mass is 10.2. The van der Waals surface area contributed by atoms with E-state index in [2.05, 4.69) is 10.2 Å². The zero-order valence-electron chi connectivity index (χ0n) is 10.9. The first-order valence-corrected chi connectivity index (χ1v) is 6.60. The number of nitrogens with zero attached hydrogens (tertiary/aromatic N) is 2. The van der Waals surface area contributed by atoms with Crippen LogP contribution in [-0.4, -0.2) is 21.4 Å². The standard InChI is InChI=1S/C13H16ClN3O2/c1-3-11(19-4-2)12-15-16-13(18)17(12)10-7-5-6-9(14)8-10/h5-8,11H,3-4H2,1-2H3,(H,16,18)/t11-/m0/s1. The second-order valence-corrected chi connectivity index (χ2v) is 4.49. The molecule has 0 saturated carbocycles. The Morgan fingerprint density at radius 1 is 1.47 bits per heavy atom. The first-order chi connectivity index (χ1) is 9.17. The van der Waals surface area contributed by atoms with Crippen molar-refractivity contribution in [1.82, 2.24) is 14.8 Å². The summed E-state index contributed by atoms with van der Waals surface area (Å²) in [6.07, 6.45) is 0.515. The maximum absolute atomic E-state index is 11.9. The maximum Gasteiger partial charge on any atom is 0.348 e. The van der Waals surface area contributed by atoms with Crippen molar-refractivity contribution in [3.63, 3.8) is 0 Å². The van der Waals surface area contributed by atoms with E-state index in [-0.39, 0.29) is 11.8 Å². The number of H-pyrrole nitrogens is 1. The second kappa shape index (κ2) is 6.04. The number of benzene rings is 1. The van der Waals surface area contributed by atoms with Gasteiger partial charge in [-0.3, -0.25) is 0 Å². The first-order valence-electron chi connectivity index (χ1n) is 6.22. The molecule has 6 heteroatoms. The predicted molar refractivity (Wildman–Crippen MR) is 73.9 cm³/mol. The van der Waals surface area contributed by atoms with E-state index in [9.17, 15) is 4.79 Å². The quantitative estimate of drug-likeness (QED) is 0.917. The van der Waals surface area contributed by atoms with Gasteiger partial charge in [-0.1, -0.05) is 24.6 Å². The summed E-state index contributed by atoms with van der Waals surface area (Å²) in [6, 6.07) is 7.09. The Kier molecular flexibility index (Phi) is 4.39. The molecule has 1 aromatic carbocycles.